The number of aromatic nitrogens is 2. The van der Waals surface area contributed by atoms with Gasteiger partial charge in [-0.05, 0) is 105 Å². The molecule has 2 aliphatic rings. The molecule has 2 aromatic heterocycles. The molecule has 0 spiro atoms. The van der Waals surface area contributed by atoms with Gasteiger partial charge in [-0.1, -0.05) is 41.9 Å². The number of nitrogens with one attached hydrogen (secondary N) is 3. The smallest absolute Gasteiger partial charge is 0.309 e. The Kier molecular flexibility index (Phi) is 11.4. The molecule has 12 heteroatoms. The van der Waals surface area contributed by atoms with Gasteiger partial charge in [-0.3, -0.25) is 24.3 Å². The van der Waals surface area contributed by atoms with Crippen LogP contribution in [0.15, 0.2) is 60.8 Å². The van der Waals surface area contributed by atoms with Crippen LogP contribution in [0.5, 0.6) is 0 Å². The Morgan fingerprint density at radius 1 is 0.962 bits per heavy atom. The van der Waals surface area contributed by atoms with Gasteiger partial charge in [0.2, 0.25) is 0 Å². The van der Waals surface area contributed by atoms with Crippen molar-refractivity contribution in [1.29, 1.82) is 0 Å². The lowest BCUT2D eigenvalue weighted by Crippen LogP contribution is -2.45. The number of pyridine rings is 2. The monoisotopic (exact) mass is 724 g/mol. The number of aliphatic hydroxyl groups excluding tert-OH is 1. The minimum absolute atomic E-state index is 0.0453. The summed E-state index contributed by atoms with van der Waals surface area (Å²) in [5.74, 6) is -1.43. The molecule has 6 rings (SSSR count). The molecule has 0 unspecified atom stereocenters. The van der Waals surface area contributed by atoms with E-state index in [0.29, 0.717) is 66.2 Å². The molecule has 1 aliphatic heterocycles. The van der Waals surface area contributed by atoms with Gasteiger partial charge in [0.05, 0.1) is 28.4 Å². The molecule has 2 aromatic carbocycles. The molecule has 3 heterocycles. The van der Waals surface area contributed by atoms with Crippen LogP contribution in [0.2, 0.25) is 5.02 Å². The maximum Gasteiger partial charge on any atom is 0.309 e. The van der Waals surface area contributed by atoms with E-state index in [4.69, 9.17) is 21.7 Å². The highest BCUT2D eigenvalue weighted by molar-refractivity contribution is 6.36. The second-order valence-electron chi connectivity index (χ2n) is 14.1. The Bertz CT molecular complexity index is 1980. The molecule has 52 heavy (non-hydrogen) atoms. The number of carboxylic acids is 1. The second-order valence-corrected chi connectivity index (χ2v) is 14.5. The van der Waals surface area contributed by atoms with Gasteiger partial charge < -0.3 is 26.2 Å². The largest absolute Gasteiger partial charge is 0.481 e. The lowest BCUT2D eigenvalue weighted by Gasteiger charge is -2.41. The molecule has 1 fully saturated rings. The second kappa shape index (κ2) is 15.9. The van der Waals surface area contributed by atoms with Gasteiger partial charge in [-0.15, -0.1) is 0 Å². The number of aliphatic hydroxyl groups is 1. The van der Waals surface area contributed by atoms with Crippen LogP contribution in [0.25, 0.3) is 11.1 Å². The first kappa shape index (κ1) is 37.1. The van der Waals surface area contributed by atoms with E-state index < -0.39 is 11.4 Å². The summed E-state index contributed by atoms with van der Waals surface area (Å²) in [6.07, 6.45) is 5.44. The van der Waals surface area contributed by atoms with Crippen LogP contribution in [-0.2, 0) is 24.3 Å². The van der Waals surface area contributed by atoms with E-state index in [1.807, 2.05) is 63.2 Å². The van der Waals surface area contributed by atoms with Gasteiger partial charge in [0.15, 0.2) is 0 Å². The Balaban J connectivity index is 1.15. The molecule has 272 valence electrons. The molecule has 0 atom stereocenters. The third kappa shape index (κ3) is 8.03. The first-order chi connectivity index (χ1) is 25.0. The fraction of sp³-hybridized carbons (Fsp3) is 0.375. The number of carbonyl (C=O) groups is 3. The zero-order valence-electron chi connectivity index (χ0n) is 29.8. The van der Waals surface area contributed by atoms with Crippen molar-refractivity contribution in [2.45, 2.75) is 72.0 Å². The highest BCUT2D eigenvalue weighted by Crippen LogP contribution is 2.40. The van der Waals surface area contributed by atoms with E-state index in [-0.39, 0.29) is 24.1 Å². The number of carboxylic acid groups (broad SMARTS) is 1. The SMILES string of the molecule is Cc1cc(C(=O)Nc2cccc(-c3cccc(NC(=O)c4ccc(CNCCO)cn4)c3C)c2Cl)nc2c1CCN(C1CCC(C)(C(=O)O)CC1)C2. The van der Waals surface area contributed by atoms with Crippen molar-refractivity contribution < 1.29 is 24.6 Å². The van der Waals surface area contributed by atoms with Crippen molar-refractivity contribution in [3.05, 3.63) is 105 Å². The number of aliphatic carboxylic acids is 1. The number of fused-ring (bicyclic) bond motifs is 1. The quantitative estimate of drug-likeness (QED) is 0.111. The fourth-order valence-electron chi connectivity index (χ4n) is 7.26. The number of rotatable bonds is 11. The zero-order chi connectivity index (χ0) is 37.0. The molecule has 11 nitrogen and oxygen atoms in total. The van der Waals surface area contributed by atoms with Gasteiger partial charge in [-0.2, -0.15) is 0 Å². The number of halogens is 1. The van der Waals surface area contributed by atoms with Crippen molar-refractivity contribution >= 4 is 40.8 Å². The minimum atomic E-state index is -0.721. The van der Waals surface area contributed by atoms with Crippen LogP contribution in [0.3, 0.4) is 0 Å². The first-order valence-corrected chi connectivity index (χ1v) is 18.1. The van der Waals surface area contributed by atoms with Crippen LogP contribution >= 0.6 is 11.6 Å². The summed E-state index contributed by atoms with van der Waals surface area (Å²) >= 11 is 6.96. The van der Waals surface area contributed by atoms with Crippen molar-refractivity contribution in [3.8, 4) is 11.1 Å². The van der Waals surface area contributed by atoms with Crippen molar-refractivity contribution in [1.82, 2.24) is 20.2 Å². The van der Waals surface area contributed by atoms with E-state index in [2.05, 4.69) is 25.8 Å². The van der Waals surface area contributed by atoms with Crippen LogP contribution in [0.4, 0.5) is 11.4 Å². The third-order valence-corrected chi connectivity index (χ3v) is 11.0. The summed E-state index contributed by atoms with van der Waals surface area (Å²) in [7, 11) is 0. The zero-order valence-corrected chi connectivity index (χ0v) is 30.5. The molecule has 2 amide bonds. The summed E-state index contributed by atoms with van der Waals surface area (Å²) < 4.78 is 0. The van der Waals surface area contributed by atoms with Gasteiger partial charge in [0.25, 0.3) is 11.8 Å². The number of hydrogen-bond acceptors (Lipinski definition) is 8. The molecule has 0 saturated heterocycles. The Labute approximate surface area is 308 Å². The van der Waals surface area contributed by atoms with Gasteiger partial charge in [0.1, 0.15) is 11.4 Å². The summed E-state index contributed by atoms with van der Waals surface area (Å²) in [5.41, 5.74) is 7.24. The van der Waals surface area contributed by atoms with Gasteiger partial charge >= 0.3 is 5.97 Å². The van der Waals surface area contributed by atoms with Gasteiger partial charge in [0, 0.05) is 49.7 Å². The molecule has 0 radical (unpaired) electrons. The van der Waals surface area contributed by atoms with Crippen LogP contribution < -0.4 is 16.0 Å². The summed E-state index contributed by atoms with van der Waals surface area (Å²) in [6.45, 7) is 8.32. The van der Waals surface area contributed by atoms with E-state index >= 15 is 0 Å². The predicted molar refractivity (Wildman–Crippen MR) is 202 cm³/mol. The predicted octanol–water partition coefficient (Wildman–Crippen LogP) is 6.39. The highest BCUT2D eigenvalue weighted by atomic mass is 35.5. The van der Waals surface area contributed by atoms with E-state index in [1.54, 1.807) is 18.3 Å². The lowest BCUT2D eigenvalue weighted by atomic mass is 9.73. The topological polar surface area (TPSA) is 157 Å². The standard InChI is InChI=1S/C40H45ClN6O5/c1-24-20-34(44-35-23-47(18-14-28(24)35)27-12-15-40(3,16-13-27)39(51)52)38(50)46-32-9-5-7-30(36(32)41)29-6-4-8-31(25(29)2)45-37(49)33-11-10-26(22-43-33)21-42-17-19-48/h4-11,20,22,27,42,48H,12-19,21,23H2,1-3H3,(H,45,49)(H,46,50)(H,51,52). The summed E-state index contributed by atoms with van der Waals surface area (Å²) in [6, 6.07) is 16.6. The number of benzene rings is 2. The number of carbonyl (C=O) groups excluding carboxylic acids is 2. The average Bonchev–Trinajstić information content (AvgIpc) is 3.14. The highest BCUT2D eigenvalue weighted by Gasteiger charge is 2.39. The maximum absolute atomic E-state index is 13.7. The molecule has 1 aliphatic carbocycles. The van der Waals surface area contributed by atoms with E-state index in [9.17, 15) is 19.5 Å². The van der Waals surface area contributed by atoms with Crippen molar-refractivity contribution in [2.24, 2.45) is 5.41 Å². The maximum atomic E-state index is 13.7. The van der Waals surface area contributed by atoms with Crippen LogP contribution in [-0.4, -0.2) is 68.6 Å². The van der Waals surface area contributed by atoms with Crippen LogP contribution in [0.1, 0.15) is 81.5 Å². The molecule has 0 bridgehead atoms. The molecule has 5 N–H and O–H groups in total. The van der Waals surface area contributed by atoms with Gasteiger partial charge in [-0.25, -0.2) is 4.98 Å². The lowest BCUT2D eigenvalue weighted by molar-refractivity contribution is -0.150. The Morgan fingerprint density at radius 2 is 1.65 bits per heavy atom. The average molecular weight is 725 g/mol. The molecule has 4 aromatic rings. The van der Waals surface area contributed by atoms with Crippen LogP contribution in [0, 0.1) is 19.3 Å². The van der Waals surface area contributed by atoms with E-state index in [1.165, 1.54) is 5.56 Å². The normalized spacial score (nSPS) is 18.8. The molecule has 1 saturated carbocycles. The van der Waals surface area contributed by atoms with Crippen molar-refractivity contribution in [3.63, 3.8) is 0 Å². The van der Waals surface area contributed by atoms with Crippen molar-refractivity contribution in [2.75, 3.05) is 30.3 Å². The Hall–Kier alpha value is -4.68. The number of anilines is 2. The summed E-state index contributed by atoms with van der Waals surface area (Å²) in [5, 5.41) is 28.0. The Morgan fingerprint density at radius 3 is 2.35 bits per heavy atom. The third-order valence-electron chi connectivity index (χ3n) is 10.6. The summed E-state index contributed by atoms with van der Waals surface area (Å²) in [4.78, 5) is 50.1. The number of amides is 2. The first-order valence-electron chi connectivity index (χ1n) is 17.7. The minimum Gasteiger partial charge on any atom is -0.481 e. The number of nitrogens with zero attached hydrogens (tertiary/aromatic N) is 3. The number of aryl methyl sites for hydroxylation is 1. The molecular weight excluding hydrogens is 680 g/mol. The van der Waals surface area contributed by atoms with E-state index in [0.717, 1.165) is 53.8 Å². The molecular formula is C40H45ClN6O5. The fourth-order valence-corrected chi connectivity index (χ4v) is 7.53. The number of hydrogen-bond donors (Lipinski definition) is 5.